The van der Waals surface area contributed by atoms with Gasteiger partial charge in [-0.1, -0.05) is 30.3 Å². The molecule has 0 spiro atoms. The number of nitrogens with zero attached hydrogens (tertiary/aromatic N) is 2. The summed E-state index contributed by atoms with van der Waals surface area (Å²) in [6.45, 7) is 1.71. The Morgan fingerprint density at radius 3 is 2.52 bits per heavy atom. The molecular weight excluding hydrogens is 308 g/mol. The first-order valence-corrected chi connectivity index (χ1v) is 8.05. The highest BCUT2D eigenvalue weighted by Crippen LogP contribution is 2.40. The molecule has 0 radical (unpaired) electrons. The average Bonchev–Trinajstić information content (AvgIpc) is 3.35. The number of aryl methyl sites for hydroxylation is 1. The summed E-state index contributed by atoms with van der Waals surface area (Å²) in [4.78, 5) is 4.83. The summed E-state index contributed by atoms with van der Waals surface area (Å²) in [7, 11) is 0. The Morgan fingerprint density at radius 1 is 1.00 bits per heavy atom. The third kappa shape index (κ3) is 3.50. The monoisotopic (exact) mass is 327 g/mol. The maximum Gasteiger partial charge on any atom is 0.119 e. The van der Waals surface area contributed by atoms with E-state index in [-0.39, 0.29) is 12.4 Å². The Kier molecular flexibility index (Phi) is 4.87. The van der Waals surface area contributed by atoms with Crippen LogP contribution in [0.2, 0.25) is 0 Å². The zero-order chi connectivity index (χ0) is 14.8. The number of para-hydroxylation sites is 3. The van der Waals surface area contributed by atoms with Crippen molar-refractivity contribution in [1.82, 2.24) is 9.55 Å². The van der Waals surface area contributed by atoms with Gasteiger partial charge in [-0.05, 0) is 43.5 Å². The quantitative estimate of drug-likeness (QED) is 0.640. The summed E-state index contributed by atoms with van der Waals surface area (Å²) in [5, 5.41) is 0. The van der Waals surface area contributed by atoms with Gasteiger partial charge in [-0.2, -0.15) is 0 Å². The van der Waals surface area contributed by atoms with E-state index in [0.717, 1.165) is 30.8 Å². The largest absolute Gasteiger partial charge is 1.00 e. The number of aromatic nitrogens is 2. The number of halogens is 1. The summed E-state index contributed by atoms with van der Waals surface area (Å²) in [5.41, 5.74) is 2.37. The van der Waals surface area contributed by atoms with Crippen molar-refractivity contribution >= 4 is 11.0 Å². The zero-order valence-corrected chi connectivity index (χ0v) is 13.7. The standard InChI is InChI=1S/C19H20N2O.ClH/c1-2-7-16(8-3-1)22-14-6-13-21-18-10-5-4-9-17(18)20-19(21)15-11-12-15;/h1-5,7-10,15H,6,11-14H2;1H/p-1. The van der Waals surface area contributed by atoms with E-state index in [1.165, 1.54) is 24.2 Å². The molecule has 0 N–H and O–H groups in total. The van der Waals surface area contributed by atoms with E-state index in [9.17, 15) is 0 Å². The fourth-order valence-corrected chi connectivity index (χ4v) is 2.91. The van der Waals surface area contributed by atoms with Gasteiger partial charge in [0.25, 0.3) is 0 Å². The van der Waals surface area contributed by atoms with E-state index in [0.29, 0.717) is 5.92 Å². The van der Waals surface area contributed by atoms with Crippen LogP contribution in [0, 0.1) is 0 Å². The molecule has 0 unspecified atom stereocenters. The van der Waals surface area contributed by atoms with E-state index in [1.807, 2.05) is 30.3 Å². The van der Waals surface area contributed by atoms with E-state index < -0.39 is 0 Å². The van der Waals surface area contributed by atoms with Gasteiger partial charge in [0.2, 0.25) is 0 Å². The predicted molar refractivity (Wildman–Crippen MR) is 88.3 cm³/mol. The molecule has 0 saturated heterocycles. The van der Waals surface area contributed by atoms with Gasteiger partial charge in [0.15, 0.2) is 0 Å². The van der Waals surface area contributed by atoms with Gasteiger partial charge in [-0.15, -0.1) is 0 Å². The van der Waals surface area contributed by atoms with Crippen LogP contribution >= 0.6 is 0 Å². The molecule has 1 aliphatic rings. The molecule has 0 aliphatic heterocycles. The lowest BCUT2D eigenvalue weighted by molar-refractivity contribution is -0.00000497. The Labute approximate surface area is 142 Å². The summed E-state index contributed by atoms with van der Waals surface area (Å²) in [5.74, 6) is 2.88. The Hall–Kier alpha value is -2.00. The van der Waals surface area contributed by atoms with E-state index in [4.69, 9.17) is 9.72 Å². The van der Waals surface area contributed by atoms with Gasteiger partial charge in [0, 0.05) is 12.5 Å². The van der Waals surface area contributed by atoms with Crippen LogP contribution in [-0.2, 0) is 6.54 Å². The number of fused-ring (bicyclic) bond motifs is 1. The first-order valence-electron chi connectivity index (χ1n) is 8.05. The lowest BCUT2D eigenvalue weighted by Crippen LogP contribution is -3.00. The van der Waals surface area contributed by atoms with Crippen LogP contribution in [0.1, 0.15) is 31.0 Å². The molecular formula is C19H20ClN2O-. The molecule has 1 aliphatic carbocycles. The maximum atomic E-state index is 5.80. The van der Waals surface area contributed by atoms with Crippen molar-refractivity contribution in [2.24, 2.45) is 0 Å². The number of rotatable bonds is 6. The second kappa shape index (κ2) is 7.05. The SMILES string of the molecule is [Cl-].c1ccc(OCCCn2c(C3CC3)nc3ccccc32)cc1. The maximum absolute atomic E-state index is 5.80. The third-order valence-corrected chi connectivity index (χ3v) is 4.16. The number of benzene rings is 2. The van der Waals surface area contributed by atoms with Gasteiger partial charge < -0.3 is 21.7 Å². The van der Waals surface area contributed by atoms with Gasteiger partial charge in [-0.25, -0.2) is 4.98 Å². The molecule has 1 fully saturated rings. The van der Waals surface area contributed by atoms with Crippen LogP contribution in [-0.4, -0.2) is 16.2 Å². The van der Waals surface area contributed by atoms with Crippen molar-refractivity contribution in [3.05, 3.63) is 60.4 Å². The molecule has 4 rings (SSSR count). The summed E-state index contributed by atoms with van der Waals surface area (Å²) in [6, 6.07) is 18.5. The van der Waals surface area contributed by atoms with Crippen molar-refractivity contribution in [1.29, 1.82) is 0 Å². The zero-order valence-electron chi connectivity index (χ0n) is 13.0. The molecule has 3 aromatic rings. The second-order valence-electron chi connectivity index (χ2n) is 5.90. The highest BCUT2D eigenvalue weighted by atomic mass is 35.5. The van der Waals surface area contributed by atoms with Gasteiger partial charge in [-0.3, -0.25) is 0 Å². The summed E-state index contributed by atoms with van der Waals surface area (Å²) in [6.07, 6.45) is 3.56. The number of ether oxygens (including phenoxy) is 1. The molecule has 1 saturated carbocycles. The molecule has 23 heavy (non-hydrogen) atoms. The molecule has 1 aromatic heterocycles. The molecule has 0 amide bonds. The second-order valence-corrected chi connectivity index (χ2v) is 5.90. The van der Waals surface area contributed by atoms with E-state index >= 15 is 0 Å². The van der Waals surface area contributed by atoms with Crippen molar-refractivity contribution < 1.29 is 17.1 Å². The van der Waals surface area contributed by atoms with Gasteiger partial charge in [0.05, 0.1) is 17.6 Å². The number of hydrogen-bond acceptors (Lipinski definition) is 2. The van der Waals surface area contributed by atoms with Crippen LogP contribution in [0.15, 0.2) is 54.6 Å². The van der Waals surface area contributed by atoms with E-state index in [1.54, 1.807) is 0 Å². The van der Waals surface area contributed by atoms with Crippen LogP contribution in [0.25, 0.3) is 11.0 Å². The lowest BCUT2D eigenvalue weighted by Gasteiger charge is -2.10. The Morgan fingerprint density at radius 2 is 1.74 bits per heavy atom. The molecule has 2 aromatic carbocycles. The van der Waals surface area contributed by atoms with Crippen molar-refractivity contribution in [3.8, 4) is 5.75 Å². The average molecular weight is 328 g/mol. The van der Waals surface area contributed by atoms with Crippen molar-refractivity contribution in [3.63, 3.8) is 0 Å². The first-order chi connectivity index (χ1) is 10.9. The Bertz CT molecular complexity index is 765. The van der Waals surface area contributed by atoms with Gasteiger partial charge in [0.1, 0.15) is 11.6 Å². The summed E-state index contributed by atoms with van der Waals surface area (Å²) >= 11 is 0. The van der Waals surface area contributed by atoms with Crippen molar-refractivity contribution in [2.75, 3.05) is 6.61 Å². The van der Waals surface area contributed by atoms with Crippen LogP contribution < -0.4 is 17.1 Å². The predicted octanol–water partition coefficient (Wildman–Crippen LogP) is 1.39. The summed E-state index contributed by atoms with van der Waals surface area (Å²) < 4.78 is 8.19. The fraction of sp³-hybridized carbons (Fsp3) is 0.316. The molecule has 3 nitrogen and oxygen atoms in total. The van der Waals surface area contributed by atoms with Crippen LogP contribution in [0.4, 0.5) is 0 Å². The minimum Gasteiger partial charge on any atom is -1.00 e. The fourth-order valence-electron chi connectivity index (χ4n) is 2.91. The Balaban J connectivity index is 0.00000156. The highest BCUT2D eigenvalue weighted by Gasteiger charge is 2.29. The molecule has 0 atom stereocenters. The minimum atomic E-state index is 0. The van der Waals surface area contributed by atoms with E-state index in [2.05, 4.69) is 28.8 Å². The topological polar surface area (TPSA) is 27.1 Å². The van der Waals surface area contributed by atoms with Crippen LogP contribution in [0.5, 0.6) is 5.75 Å². The molecule has 120 valence electrons. The lowest BCUT2D eigenvalue weighted by atomic mass is 10.3. The molecule has 1 heterocycles. The molecule has 0 bridgehead atoms. The molecule has 4 heteroatoms. The van der Waals surface area contributed by atoms with Crippen molar-refractivity contribution in [2.45, 2.75) is 31.7 Å². The third-order valence-electron chi connectivity index (χ3n) is 4.16. The number of hydrogen-bond donors (Lipinski definition) is 0. The van der Waals surface area contributed by atoms with Gasteiger partial charge >= 0.3 is 0 Å². The number of imidazole rings is 1. The first kappa shape index (κ1) is 15.9. The normalized spacial score (nSPS) is 13.7. The highest BCUT2D eigenvalue weighted by molar-refractivity contribution is 5.76. The minimum absolute atomic E-state index is 0. The smallest absolute Gasteiger partial charge is 0.119 e. The van der Waals surface area contributed by atoms with Crippen LogP contribution in [0.3, 0.4) is 0 Å².